The summed E-state index contributed by atoms with van der Waals surface area (Å²) < 4.78 is 0. The van der Waals surface area contributed by atoms with Gasteiger partial charge in [0.1, 0.15) is 0 Å². The molecule has 2 fully saturated rings. The van der Waals surface area contributed by atoms with Crippen LogP contribution in [0.3, 0.4) is 0 Å². The standard InChI is InChI=1S/C12H24N2/c1-10-6-7-14(12(8-10)9-13)11-4-2-3-5-11/h10-12H,2-9,13H2,1H3. The van der Waals surface area contributed by atoms with Crippen LogP contribution in [0.15, 0.2) is 0 Å². The second-order valence-corrected chi connectivity index (χ2v) is 5.20. The molecule has 2 nitrogen and oxygen atoms in total. The van der Waals surface area contributed by atoms with E-state index in [1.807, 2.05) is 0 Å². The van der Waals surface area contributed by atoms with E-state index < -0.39 is 0 Å². The van der Waals surface area contributed by atoms with Crippen LogP contribution >= 0.6 is 0 Å². The minimum atomic E-state index is 0.682. The fraction of sp³-hybridized carbons (Fsp3) is 1.00. The smallest absolute Gasteiger partial charge is 0.0223 e. The van der Waals surface area contributed by atoms with Crippen LogP contribution in [0, 0.1) is 5.92 Å². The number of hydrogen-bond donors (Lipinski definition) is 1. The molecule has 0 bridgehead atoms. The Hall–Kier alpha value is -0.0800. The number of nitrogens with zero attached hydrogens (tertiary/aromatic N) is 1. The van der Waals surface area contributed by atoms with E-state index in [4.69, 9.17) is 5.73 Å². The van der Waals surface area contributed by atoms with Crippen molar-refractivity contribution in [3.63, 3.8) is 0 Å². The molecule has 14 heavy (non-hydrogen) atoms. The second-order valence-electron chi connectivity index (χ2n) is 5.20. The number of hydrogen-bond acceptors (Lipinski definition) is 2. The Kier molecular flexibility index (Phi) is 3.45. The maximum absolute atomic E-state index is 5.88. The van der Waals surface area contributed by atoms with Gasteiger partial charge in [0.15, 0.2) is 0 Å². The topological polar surface area (TPSA) is 29.3 Å². The lowest BCUT2D eigenvalue weighted by Gasteiger charge is -2.41. The summed E-state index contributed by atoms with van der Waals surface area (Å²) in [6.07, 6.45) is 8.43. The van der Waals surface area contributed by atoms with Gasteiger partial charge < -0.3 is 5.73 Å². The van der Waals surface area contributed by atoms with E-state index in [1.54, 1.807) is 0 Å². The first-order chi connectivity index (χ1) is 6.81. The Morgan fingerprint density at radius 3 is 2.57 bits per heavy atom. The molecular weight excluding hydrogens is 172 g/mol. The van der Waals surface area contributed by atoms with Gasteiger partial charge in [-0.15, -0.1) is 0 Å². The lowest BCUT2D eigenvalue weighted by molar-refractivity contribution is 0.0785. The third-order valence-electron chi connectivity index (χ3n) is 4.09. The van der Waals surface area contributed by atoms with Crippen LogP contribution in [0.2, 0.25) is 0 Å². The highest BCUT2D eigenvalue weighted by atomic mass is 15.2. The largest absolute Gasteiger partial charge is 0.329 e. The summed E-state index contributed by atoms with van der Waals surface area (Å²) in [5.74, 6) is 0.890. The molecule has 2 atom stereocenters. The number of rotatable bonds is 2. The zero-order valence-corrected chi connectivity index (χ0v) is 9.41. The summed E-state index contributed by atoms with van der Waals surface area (Å²) >= 11 is 0. The molecule has 0 radical (unpaired) electrons. The molecular formula is C12H24N2. The highest BCUT2D eigenvalue weighted by Gasteiger charge is 2.31. The van der Waals surface area contributed by atoms with Gasteiger partial charge in [-0.05, 0) is 38.1 Å². The predicted molar refractivity (Wildman–Crippen MR) is 60.2 cm³/mol. The molecule has 82 valence electrons. The fourth-order valence-electron chi connectivity index (χ4n) is 3.22. The van der Waals surface area contributed by atoms with Gasteiger partial charge in [-0.1, -0.05) is 19.8 Å². The zero-order chi connectivity index (χ0) is 9.97. The maximum atomic E-state index is 5.88. The van der Waals surface area contributed by atoms with E-state index >= 15 is 0 Å². The van der Waals surface area contributed by atoms with Crippen molar-refractivity contribution in [3.8, 4) is 0 Å². The molecule has 1 aliphatic carbocycles. The van der Waals surface area contributed by atoms with Crippen molar-refractivity contribution < 1.29 is 0 Å². The van der Waals surface area contributed by atoms with E-state index in [0.717, 1.165) is 18.5 Å². The molecule has 1 saturated carbocycles. The first-order valence-electron chi connectivity index (χ1n) is 6.27. The van der Waals surface area contributed by atoms with E-state index in [-0.39, 0.29) is 0 Å². The average Bonchev–Trinajstić information content (AvgIpc) is 2.70. The van der Waals surface area contributed by atoms with Crippen LogP contribution in [0.4, 0.5) is 0 Å². The van der Waals surface area contributed by atoms with Crippen LogP contribution in [-0.2, 0) is 0 Å². The first-order valence-corrected chi connectivity index (χ1v) is 6.27. The van der Waals surface area contributed by atoms with Gasteiger partial charge in [0.05, 0.1) is 0 Å². The predicted octanol–water partition coefficient (Wildman–Crippen LogP) is 1.99. The lowest BCUT2D eigenvalue weighted by Crippen LogP contribution is -2.50. The molecule has 1 saturated heterocycles. The molecule has 0 aromatic rings. The van der Waals surface area contributed by atoms with Gasteiger partial charge in [0.2, 0.25) is 0 Å². The molecule has 2 unspecified atom stereocenters. The third kappa shape index (κ3) is 2.12. The van der Waals surface area contributed by atoms with Gasteiger partial charge in [0, 0.05) is 18.6 Å². The van der Waals surface area contributed by atoms with Crippen LogP contribution in [0.1, 0.15) is 45.4 Å². The van der Waals surface area contributed by atoms with Crippen LogP contribution in [0.5, 0.6) is 0 Å². The Morgan fingerprint density at radius 1 is 1.21 bits per heavy atom. The van der Waals surface area contributed by atoms with E-state index in [0.29, 0.717) is 6.04 Å². The second kappa shape index (κ2) is 4.63. The highest BCUT2D eigenvalue weighted by Crippen LogP contribution is 2.30. The summed E-state index contributed by atoms with van der Waals surface area (Å²) in [5.41, 5.74) is 5.88. The monoisotopic (exact) mass is 196 g/mol. The van der Waals surface area contributed by atoms with E-state index in [9.17, 15) is 0 Å². The van der Waals surface area contributed by atoms with Gasteiger partial charge >= 0.3 is 0 Å². The minimum Gasteiger partial charge on any atom is -0.329 e. The Bertz CT molecular complexity index is 175. The third-order valence-corrected chi connectivity index (χ3v) is 4.09. The highest BCUT2D eigenvalue weighted by molar-refractivity contribution is 4.87. The van der Waals surface area contributed by atoms with Crippen molar-refractivity contribution in [3.05, 3.63) is 0 Å². The summed E-state index contributed by atoms with van der Waals surface area (Å²) in [5, 5.41) is 0. The molecule has 1 aliphatic heterocycles. The lowest BCUT2D eigenvalue weighted by atomic mass is 9.91. The van der Waals surface area contributed by atoms with Crippen LogP contribution < -0.4 is 5.73 Å². The quantitative estimate of drug-likeness (QED) is 0.732. The van der Waals surface area contributed by atoms with Gasteiger partial charge in [0.25, 0.3) is 0 Å². The van der Waals surface area contributed by atoms with Crippen LogP contribution in [0.25, 0.3) is 0 Å². The van der Waals surface area contributed by atoms with Gasteiger partial charge in [-0.3, -0.25) is 4.90 Å². The van der Waals surface area contributed by atoms with Crippen molar-refractivity contribution in [1.82, 2.24) is 4.90 Å². The molecule has 0 aromatic heterocycles. The van der Waals surface area contributed by atoms with Crippen molar-refractivity contribution in [2.24, 2.45) is 11.7 Å². The van der Waals surface area contributed by atoms with E-state index in [1.165, 1.54) is 45.1 Å². The normalized spacial score (nSPS) is 36.4. The molecule has 2 aliphatic rings. The SMILES string of the molecule is CC1CCN(C2CCCC2)C(CN)C1. The minimum absolute atomic E-state index is 0.682. The van der Waals surface area contributed by atoms with Crippen molar-refractivity contribution in [2.75, 3.05) is 13.1 Å². The molecule has 0 amide bonds. The Balaban J connectivity index is 1.94. The molecule has 2 N–H and O–H groups in total. The van der Waals surface area contributed by atoms with Crippen molar-refractivity contribution in [1.29, 1.82) is 0 Å². The molecule has 1 heterocycles. The molecule has 0 aromatic carbocycles. The summed E-state index contributed by atoms with van der Waals surface area (Å²) in [6, 6.07) is 1.55. The maximum Gasteiger partial charge on any atom is 0.0223 e. The fourth-order valence-corrected chi connectivity index (χ4v) is 3.22. The number of piperidine rings is 1. The van der Waals surface area contributed by atoms with Gasteiger partial charge in [-0.25, -0.2) is 0 Å². The zero-order valence-electron chi connectivity index (χ0n) is 9.41. The Labute approximate surface area is 87.8 Å². The summed E-state index contributed by atoms with van der Waals surface area (Å²) in [7, 11) is 0. The van der Waals surface area contributed by atoms with E-state index in [2.05, 4.69) is 11.8 Å². The molecule has 2 heteroatoms. The molecule has 2 rings (SSSR count). The number of likely N-dealkylation sites (tertiary alicyclic amines) is 1. The first kappa shape index (κ1) is 10.4. The van der Waals surface area contributed by atoms with Gasteiger partial charge in [-0.2, -0.15) is 0 Å². The summed E-state index contributed by atoms with van der Waals surface area (Å²) in [4.78, 5) is 2.72. The molecule has 0 spiro atoms. The average molecular weight is 196 g/mol. The van der Waals surface area contributed by atoms with Crippen molar-refractivity contribution in [2.45, 2.75) is 57.5 Å². The number of nitrogens with two attached hydrogens (primary N) is 1. The Morgan fingerprint density at radius 2 is 1.93 bits per heavy atom. The summed E-state index contributed by atoms with van der Waals surface area (Å²) in [6.45, 7) is 4.53. The van der Waals surface area contributed by atoms with Crippen molar-refractivity contribution >= 4 is 0 Å². The van der Waals surface area contributed by atoms with Crippen LogP contribution in [-0.4, -0.2) is 30.1 Å².